The molecule has 0 fully saturated rings. The molecule has 1 amide bonds. The number of nitrogens with one attached hydrogen (secondary N) is 1. The van der Waals surface area contributed by atoms with Gasteiger partial charge in [-0.2, -0.15) is 0 Å². The molecular weight excluding hydrogens is 340 g/mol. The van der Waals surface area contributed by atoms with Crippen molar-refractivity contribution in [2.75, 3.05) is 24.5 Å². The monoisotopic (exact) mass is 364 g/mol. The highest BCUT2D eigenvalue weighted by Gasteiger charge is 2.26. The van der Waals surface area contributed by atoms with E-state index in [2.05, 4.69) is 22.4 Å². The summed E-state index contributed by atoms with van der Waals surface area (Å²) in [6, 6.07) is 14.5. The average Bonchev–Trinajstić information content (AvgIpc) is 2.70. The van der Waals surface area contributed by atoms with Gasteiger partial charge in [-0.3, -0.25) is 4.79 Å². The number of hydrogen-bond donors (Lipinski definition) is 2. The number of carboxylic acids is 1. The van der Waals surface area contributed by atoms with E-state index in [4.69, 9.17) is 5.11 Å². The molecule has 0 spiro atoms. The van der Waals surface area contributed by atoms with Crippen LogP contribution >= 0.6 is 0 Å². The van der Waals surface area contributed by atoms with Crippen molar-refractivity contribution in [3.05, 3.63) is 77.4 Å². The fourth-order valence-electron chi connectivity index (χ4n) is 3.45. The number of carbonyl (C=O) groups is 2. The first-order valence-electron chi connectivity index (χ1n) is 9.21. The predicted molar refractivity (Wildman–Crippen MR) is 106 cm³/mol. The molecule has 140 valence electrons. The second-order valence-corrected chi connectivity index (χ2v) is 6.52. The van der Waals surface area contributed by atoms with Gasteiger partial charge in [0.2, 0.25) is 5.91 Å². The SMILES string of the molecule is CCNC(=O)C(c1ccc(C(=O)O)cc1)c1ccccc1N1CC=CCC1. The highest BCUT2D eigenvalue weighted by Crippen LogP contribution is 2.33. The Bertz CT molecular complexity index is 843. The van der Waals surface area contributed by atoms with E-state index in [1.54, 1.807) is 24.3 Å². The van der Waals surface area contributed by atoms with Gasteiger partial charge in [-0.1, -0.05) is 42.5 Å². The van der Waals surface area contributed by atoms with Crippen molar-refractivity contribution in [1.29, 1.82) is 0 Å². The van der Waals surface area contributed by atoms with Gasteiger partial charge >= 0.3 is 5.97 Å². The van der Waals surface area contributed by atoms with E-state index in [9.17, 15) is 9.59 Å². The summed E-state index contributed by atoms with van der Waals surface area (Å²) in [7, 11) is 0. The summed E-state index contributed by atoms with van der Waals surface area (Å²) in [5, 5.41) is 12.1. The van der Waals surface area contributed by atoms with E-state index < -0.39 is 11.9 Å². The van der Waals surface area contributed by atoms with Crippen LogP contribution in [0.25, 0.3) is 0 Å². The number of anilines is 1. The third kappa shape index (κ3) is 4.19. The summed E-state index contributed by atoms with van der Waals surface area (Å²) in [5.41, 5.74) is 2.97. The van der Waals surface area contributed by atoms with E-state index >= 15 is 0 Å². The molecule has 5 heteroatoms. The highest BCUT2D eigenvalue weighted by molar-refractivity contribution is 5.90. The second-order valence-electron chi connectivity index (χ2n) is 6.52. The smallest absolute Gasteiger partial charge is 0.335 e. The molecular formula is C22H24N2O3. The van der Waals surface area contributed by atoms with Crippen LogP contribution < -0.4 is 10.2 Å². The van der Waals surface area contributed by atoms with Crippen LogP contribution in [0.3, 0.4) is 0 Å². The Morgan fingerprint density at radius 1 is 1.11 bits per heavy atom. The normalized spacial score (nSPS) is 14.6. The third-order valence-corrected chi connectivity index (χ3v) is 4.75. The molecule has 0 saturated carbocycles. The van der Waals surface area contributed by atoms with E-state index in [0.29, 0.717) is 6.54 Å². The molecule has 5 nitrogen and oxygen atoms in total. The number of likely N-dealkylation sites (N-methyl/N-ethyl adjacent to an activating group) is 1. The molecule has 0 bridgehead atoms. The van der Waals surface area contributed by atoms with Gasteiger partial charge in [-0.05, 0) is 42.7 Å². The Balaban J connectivity index is 2.05. The summed E-state index contributed by atoms with van der Waals surface area (Å²) in [6.45, 7) is 4.16. The van der Waals surface area contributed by atoms with Crippen molar-refractivity contribution in [1.82, 2.24) is 5.32 Å². The van der Waals surface area contributed by atoms with Crippen LogP contribution in [0.1, 0.15) is 40.7 Å². The molecule has 1 heterocycles. The van der Waals surface area contributed by atoms with Crippen molar-refractivity contribution < 1.29 is 14.7 Å². The second kappa shape index (κ2) is 8.54. The lowest BCUT2D eigenvalue weighted by Crippen LogP contribution is -2.33. The first-order chi connectivity index (χ1) is 13.1. The Hall–Kier alpha value is -3.08. The fourth-order valence-corrected chi connectivity index (χ4v) is 3.45. The maximum absolute atomic E-state index is 12.9. The van der Waals surface area contributed by atoms with Crippen LogP contribution in [0.15, 0.2) is 60.7 Å². The molecule has 2 N–H and O–H groups in total. The standard InChI is InChI=1S/C22H24N2O3/c1-2-23-21(25)20(16-10-12-17(13-11-16)22(26)27)18-8-4-5-9-19(18)24-14-6-3-7-15-24/h3-6,8-13,20H,2,7,14-15H2,1H3,(H,23,25)(H,26,27). The van der Waals surface area contributed by atoms with Gasteiger partial charge in [0, 0.05) is 25.3 Å². The van der Waals surface area contributed by atoms with Gasteiger partial charge in [0.15, 0.2) is 0 Å². The van der Waals surface area contributed by atoms with Crippen molar-refractivity contribution >= 4 is 17.6 Å². The maximum atomic E-state index is 12.9. The number of rotatable bonds is 6. The average molecular weight is 364 g/mol. The van der Waals surface area contributed by atoms with Crippen LogP contribution in [-0.4, -0.2) is 36.6 Å². The quantitative estimate of drug-likeness (QED) is 0.771. The minimum atomic E-state index is -0.975. The molecule has 27 heavy (non-hydrogen) atoms. The third-order valence-electron chi connectivity index (χ3n) is 4.75. The largest absolute Gasteiger partial charge is 0.478 e. The van der Waals surface area contributed by atoms with Crippen molar-refractivity contribution in [3.63, 3.8) is 0 Å². The summed E-state index contributed by atoms with van der Waals surface area (Å²) in [4.78, 5) is 26.4. The molecule has 1 aliphatic heterocycles. The number of benzene rings is 2. The molecule has 0 aromatic heterocycles. The maximum Gasteiger partial charge on any atom is 0.335 e. The lowest BCUT2D eigenvalue weighted by molar-refractivity contribution is -0.121. The lowest BCUT2D eigenvalue weighted by Gasteiger charge is -2.30. The van der Waals surface area contributed by atoms with Gasteiger partial charge in [0.05, 0.1) is 11.5 Å². The molecule has 0 saturated heterocycles. The first-order valence-corrected chi connectivity index (χ1v) is 9.21. The van der Waals surface area contributed by atoms with E-state index in [1.807, 2.05) is 31.2 Å². The number of carboxylic acid groups (broad SMARTS) is 1. The molecule has 1 atom stereocenters. The number of para-hydroxylation sites is 1. The van der Waals surface area contributed by atoms with Crippen molar-refractivity contribution in [3.8, 4) is 0 Å². The van der Waals surface area contributed by atoms with Gasteiger partial charge in [0.1, 0.15) is 0 Å². The van der Waals surface area contributed by atoms with Crippen LogP contribution in [-0.2, 0) is 4.79 Å². The number of amides is 1. The zero-order valence-electron chi connectivity index (χ0n) is 15.4. The molecule has 0 aliphatic carbocycles. The van der Waals surface area contributed by atoms with Crippen molar-refractivity contribution in [2.45, 2.75) is 19.3 Å². The number of carbonyl (C=O) groups excluding carboxylic acids is 1. The summed E-state index contributed by atoms with van der Waals surface area (Å²) < 4.78 is 0. The Kier molecular flexibility index (Phi) is 5.91. The zero-order chi connectivity index (χ0) is 19.2. The lowest BCUT2D eigenvalue weighted by atomic mass is 9.88. The molecule has 0 radical (unpaired) electrons. The van der Waals surface area contributed by atoms with E-state index in [0.717, 1.165) is 36.3 Å². The fraction of sp³-hybridized carbons (Fsp3) is 0.273. The molecule has 2 aromatic carbocycles. The van der Waals surface area contributed by atoms with Crippen molar-refractivity contribution in [2.24, 2.45) is 0 Å². The van der Waals surface area contributed by atoms with Crippen LogP contribution in [0.5, 0.6) is 0 Å². The van der Waals surface area contributed by atoms with E-state index in [-0.39, 0.29) is 11.5 Å². The Morgan fingerprint density at radius 3 is 2.48 bits per heavy atom. The topological polar surface area (TPSA) is 69.6 Å². The van der Waals surface area contributed by atoms with E-state index in [1.165, 1.54) is 0 Å². The van der Waals surface area contributed by atoms with Gasteiger partial charge in [-0.15, -0.1) is 0 Å². The molecule has 2 aromatic rings. The van der Waals surface area contributed by atoms with Crippen LogP contribution in [0.2, 0.25) is 0 Å². The summed E-state index contributed by atoms with van der Waals surface area (Å²) in [6.07, 6.45) is 5.29. The predicted octanol–water partition coefficient (Wildman–Crippen LogP) is 3.42. The molecule has 1 aliphatic rings. The highest BCUT2D eigenvalue weighted by atomic mass is 16.4. The Morgan fingerprint density at radius 2 is 1.85 bits per heavy atom. The summed E-state index contributed by atoms with van der Waals surface area (Å²) >= 11 is 0. The summed E-state index contributed by atoms with van der Waals surface area (Å²) in [5.74, 6) is -1.55. The minimum absolute atomic E-state index is 0.0828. The number of nitrogens with zero attached hydrogens (tertiary/aromatic N) is 1. The van der Waals surface area contributed by atoms with Gasteiger partial charge in [0.25, 0.3) is 0 Å². The van der Waals surface area contributed by atoms with Gasteiger partial charge in [-0.25, -0.2) is 4.79 Å². The molecule has 1 unspecified atom stereocenters. The van der Waals surface area contributed by atoms with Crippen LogP contribution in [0.4, 0.5) is 5.69 Å². The Labute approximate surface area is 159 Å². The zero-order valence-corrected chi connectivity index (χ0v) is 15.4. The molecule has 3 rings (SSSR count). The number of hydrogen-bond acceptors (Lipinski definition) is 3. The number of aromatic carboxylic acids is 1. The minimum Gasteiger partial charge on any atom is -0.478 e. The van der Waals surface area contributed by atoms with Crippen LogP contribution in [0, 0.1) is 0 Å². The first kappa shape index (κ1) is 18.7. The van der Waals surface area contributed by atoms with Gasteiger partial charge < -0.3 is 15.3 Å².